The molecule has 0 unspecified atom stereocenters. The summed E-state index contributed by atoms with van der Waals surface area (Å²) in [5.41, 5.74) is 2.66. The molecule has 3 aliphatic carbocycles. The molecular formula is C25H29IN2O7. The van der Waals surface area contributed by atoms with Gasteiger partial charge in [0.1, 0.15) is 22.8 Å². The van der Waals surface area contributed by atoms with Gasteiger partial charge in [0.2, 0.25) is 5.78 Å². The second kappa shape index (κ2) is 8.04. The van der Waals surface area contributed by atoms with Gasteiger partial charge in [0, 0.05) is 20.6 Å². The second-order valence-electron chi connectivity index (χ2n) is 10.8. The summed E-state index contributed by atoms with van der Waals surface area (Å²) >= 11 is 2.14. The van der Waals surface area contributed by atoms with Crippen LogP contribution in [0.15, 0.2) is 23.0 Å². The number of hydrogen-bond acceptors (Lipinski definition) is 8. The summed E-state index contributed by atoms with van der Waals surface area (Å²) in [6, 6.07) is 0.761. The first-order valence-electron chi connectivity index (χ1n) is 11.2. The molecule has 10 heteroatoms. The van der Waals surface area contributed by atoms with Gasteiger partial charge in [-0.25, -0.2) is 0 Å². The number of aliphatic hydroxyl groups is 3. The number of fused-ring (bicyclic) bond motifs is 3. The number of aliphatic hydroxyl groups excluding tert-OH is 2. The largest absolute Gasteiger partial charge is 0.508 e. The number of rotatable bonds is 2. The molecule has 1 saturated carbocycles. The summed E-state index contributed by atoms with van der Waals surface area (Å²) in [7, 11) is 3.14. The Labute approximate surface area is 216 Å². The van der Waals surface area contributed by atoms with E-state index in [-0.39, 0.29) is 29.7 Å². The third-order valence-corrected chi connectivity index (χ3v) is 8.44. The van der Waals surface area contributed by atoms with Crippen LogP contribution in [0.5, 0.6) is 5.75 Å². The van der Waals surface area contributed by atoms with Crippen molar-refractivity contribution in [1.82, 2.24) is 4.90 Å². The van der Waals surface area contributed by atoms with Crippen LogP contribution in [0.1, 0.15) is 43.9 Å². The van der Waals surface area contributed by atoms with Crippen molar-refractivity contribution in [2.45, 2.75) is 50.7 Å². The zero-order chi connectivity index (χ0) is 26.4. The van der Waals surface area contributed by atoms with Crippen molar-refractivity contribution < 1.29 is 34.8 Å². The molecule has 1 aromatic carbocycles. The van der Waals surface area contributed by atoms with Crippen LogP contribution in [0, 0.1) is 15.4 Å². The summed E-state index contributed by atoms with van der Waals surface area (Å²) in [5, 5.41) is 45.0. The lowest BCUT2D eigenvalue weighted by molar-refractivity contribution is -0.153. The van der Waals surface area contributed by atoms with E-state index >= 15 is 0 Å². The number of amides is 1. The fraction of sp³-hybridized carbons (Fsp3) is 0.480. The number of ketones is 2. The van der Waals surface area contributed by atoms with Crippen molar-refractivity contribution in [2.24, 2.45) is 17.6 Å². The Hall–Kier alpha value is -2.44. The average molecular weight is 596 g/mol. The molecule has 4 atom stereocenters. The number of benzene rings is 1. The van der Waals surface area contributed by atoms with Crippen molar-refractivity contribution in [3.05, 3.63) is 43.2 Å². The molecule has 0 spiro atoms. The Balaban J connectivity index is 2.00. The van der Waals surface area contributed by atoms with Crippen molar-refractivity contribution >= 4 is 45.8 Å². The van der Waals surface area contributed by atoms with Crippen LogP contribution >= 0.6 is 22.6 Å². The standard InChI is InChI=1S/C25H29IN2O7/c1-24(2,3)12-8-13(26)10-6-9-7-11-17(28(4)5)20(31)16(23(27)34)22(33)25(11,35)21(32)14(9)19(30)15(10)18(12)29/h8-9,11,17,29-30,33,35H,6-7H2,1-5H3,(H2,27,34)/t9-,11-,17-,25-/m0/s1. The minimum Gasteiger partial charge on any atom is -0.508 e. The maximum atomic E-state index is 13.8. The Kier molecular flexibility index (Phi) is 5.89. The predicted octanol–water partition coefficient (Wildman–Crippen LogP) is 1.87. The number of nitrogens with two attached hydrogens (primary N) is 1. The lowest BCUT2D eigenvalue weighted by Crippen LogP contribution is -2.65. The first-order chi connectivity index (χ1) is 16.0. The number of likely N-dealkylation sites (N-methyl/N-ethyl adjacent to an activating group) is 1. The van der Waals surface area contributed by atoms with Crippen LogP contribution in [0.3, 0.4) is 0 Å². The Bertz CT molecular complexity index is 1260. The number of nitrogens with zero attached hydrogens (tertiary/aromatic N) is 1. The fourth-order valence-electron chi connectivity index (χ4n) is 5.84. The van der Waals surface area contributed by atoms with Gasteiger partial charge < -0.3 is 26.2 Å². The first-order valence-corrected chi connectivity index (χ1v) is 12.3. The highest BCUT2D eigenvalue weighted by atomic mass is 127. The van der Waals surface area contributed by atoms with Gasteiger partial charge in [0.25, 0.3) is 5.91 Å². The lowest BCUT2D eigenvalue weighted by Gasteiger charge is -2.50. The fourth-order valence-corrected chi connectivity index (χ4v) is 6.64. The average Bonchev–Trinajstić information content (AvgIpc) is 2.71. The normalized spacial score (nSPS) is 28.7. The quantitative estimate of drug-likeness (QED) is 0.256. The van der Waals surface area contributed by atoms with E-state index < -0.39 is 63.5 Å². The monoisotopic (exact) mass is 596 g/mol. The summed E-state index contributed by atoms with van der Waals surface area (Å²) in [6.45, 7) is 5.73. The molecule has 3 aliphatic rings. The molecule has 0 bridgehead atoms. The number of phenolic OH excluding ortho intramolecular Hbond substituents is 1. The predicted molar refractivity (Wildman–Crippen MR) is 136 cm³/mol. The van der Waals surface area contributed by atoms with Gasteiger partial charge >= 0.3 is 0 Å². The van der Waals surface area contributed by atoms with Crippen molar-refractivity contribution in [1.29, 1.82) is 0 Å². The van der Waals surface area contributed by atoms with Gasteiger partial charge in [0.05, 0.1) is 11.6 Å². The second-order valence-corrected chi connectivity index (χ2v) is 12.0. The highest BCUT2D eigenvalue weighted by Crippen LogP contribution is 2.54. The number of Topliss-reactive ketones (excluding diaryl/α,β-unsaturated/α-hetero) is 2. The minimum absolute atomic E-state index is 0.0730. The maximum absolute atomic E-state index is 13.8. The summed E-state index contributed by atoms with van der Waals surface area (Å²) in [4.78, 5) is 40.5. The van der Waals surface area contributed by atoms with Crippen molar-refractivity contribution in [3.63, 3.8) is 0 Å². The van der Waals surface area contributed by atoms with Crippen LogP contribution in [-0.2, 0) is 26.2 Å². The van der Waals surface area contributed by atoms with E-state index in [1.54, 1.807) is 14.1 Å². The highest BCUT2D eigenvalue weighted by Gasteiger charge is 2.64. The third-order valence-electron chi connectivity index (χ3n) is 7.47. The van der Waals surface area contributed by atoms with E-state index in [0.717, 1.165) is 3.57 Å². The number of phenols is 1. The van der Waals surface area contributed by atoms with Crippen LogP contribution in [0.2, 0.25) is 0 Å². The minimum atomic E-state index is -2.63. The molecule has 0 radical (unpaired) electrons. The Morgan fingerprint density at radius 3 is 2.31 bits per heavy atom. The first kappa shape index (κ1) is 25.6. The molecule has 1 amide bonds. The van der Waals surface area contributed by atoms with Crippen LogP contribution < -0.4 is 5.73 Å². The van der Waals surface area contributed by atoms with Crippen LogP contribution in [-0.4, -0.2) is 68.5 Å². The van der Waals surface area contributed by atoms with Gasteiger partial charge in [-0.2, -0.15) is 0 Å². The molecule has 1 fully saturated rings. The molecular weight excluding hydrogens is 567 g/mol. The van der Waals surface area contributed by atoms with E-state index in [4.69, 9.17) is 5.73 Å². The zero-order valence-electron chi connectivity index (χ0n) is 20.1. The van der Waals surface area contributed by atoms with Gasteiger partial charge in [-0.3, -0.25) is 19.3 Å². The molecule has 0 aliphatic heterocycles. The summed E-state index contributed by atoms with van der Waals surface area (Å²) in [5.74, 6) is -6.39. The number of primary amides is 1. The molecule has 35 heavy (non-hydrogen) atoms. The summed E-state index contributed by atoms with van der Waals surface area (Å²) in [6.07, 6.45) is 0.356. The number of halogens is 1. The molecule has 0 heterocycles. The number of aromatic hydroxyl groups is 1. The molecule has 1 aromatic rings. The molecule has 0 saturated heterocycles. The van der Waals surface area contributed by atoms with E-state index in [9.17, 15) is 34.8 Å². The topological polar surface area (TPSA) is 161 Å². The van der Waals surface area contributed by atoms with Crippen molar-refractivity contribution in [2.75, 3.05) is 14.1 Å². The van der Waals surface area contributed by atoms with Gasteiger partial charge in [-0.15, -0.1) is 0 Å². The third kappa shape index (κ3) is 3.44. The molecule has 0 aromatic heterocycles. The van der Waals surface area contributed by atoms with E-state index in [0.29, 0.717) is 11.1 Å². The lowest BCUT2D eigenvalue weighted by atomic mass is 9.57. The Morgan fingerprint density at radius 2 is 1.80 bits per heavy atom. The number of carbonyl (C=O) groups is 3. The molecule has 188 valence electrons. The highest BCUT2D eigenvalue weighted by molar-refractivity contribution is 14.1. The van der Waals surface area contributed by atoms with E-state index in [1.807, 2.05) is 26.8 Å². The van der Waals surface area contributed by atoms with Gasteiger partial charge in [0.15, 0.2) is 11.4 Å². The van der Waals surface area contributed by atoms with E-state index in [1.165, 1.54) is 4.90 Å². The molecule has 4 rings (SSSR count). The molecule has 6 N–H and O–H groups in total. The maximum Gasteiger partial charge on any atom is 0.255 e. The molecule has 9 nitrogen and oxygen atoms in total. The Morgan fingerprint density at radius 1 is 1.20 bits per heavy atom. The SMILES string of the molecule is CN(C)[C@@H]1C(=O)C(C(N)=O)=C(O)[C@@]2(O)C(=O)C3=C(O)c4c(O)c(C(C)(C)C)cc(I)c4C[C@H]3C[C@@H]12. The summed E-state index contributed by atoms with van der Waals surface area (Å²) < 4.78 is 0.807. The zero-order valence-corrected chi connectivity index (χ0v) is 22.3. The number of hydrogen-bond donors (Lipinski definition) is 5. The smallest absolute Gasteiger partial charge is 0.255 e. The van der Waals surface area contributed by atoms with E-state index in [2.05, 4.69) is 22.6 Å². The van der Waals surface area contributed by atoms with Crippen LogP contribution in [0.25, 0.3) is 5.76 Å². The van der Waals surface area contributed by atoms with Gasteiger partial charge in [-0.1, -0.05) is 20.8 Å². The van der Waals surface area contributed by atoms with Crippen LogP contribution in [0.4, 0.5) is 0 Å². The number of carbonyl (C=O) groups excluding carboxylic acids is 3. The van der Waals surface area contributed by atoms with Gasteiger partial charge in [-0.05, 0) is 72.5 Å². The van der Waals surface area contributed by atoms with Crippen molar-refractivity contribution in [3.8, 4) is 5.75 Å².